The quantitative estimate of drug-likeness (QED) is 0.900. The number of aryl methyl sites for hydroxylation is 1. The van der Waals surface area contributed by atoms with Crippen molar-refractivity contribution in [2.75, 3.05) is 6.54 Å². The Hall–Kier alpha value is -0.870. The van der Waals surface area contributed by atoms with Crippen LogP contribution in [0.1, 0.15) is 63.8 Å². The lowest BCUT2D eigenvalue weighted by molar-refractivity contribution is -0.0237. The van der Waals surface area contributed by atoms with E-state index in [2.05, 4.69) is 25.9 Å². The van der Waals surface area contributed by atoms with Crippen molar-refractivity contribution < 1.29 is 5.11 Å². The van der Waals surface area contributed by atoms with Crippen LogP contribution < -0.4 is 5.73 Å². The highest BCUT2D eigenvalue weighted by atomic mass is 16.3. The van der Waals surface area contributed by atoms with Crippen molar-refractivity contribution in [2.24, 2.45) is 29.5 Å². The van der Waals surface area contributed by atoms with Gasteiger partial charge in [0, 0.05) is 30.3 Å². The summed E-state index contributed by atoms with van der Waals surface area (Å²) < 4.78 is 1.82. The first-order valence-electron chi connectivity index (χ1n) is 8.08. The molecule has 0 aromatic carbocycles. The summed E-state index contributed by atoms with van der Waals surface area (Å²) in [6, 6.07) is 0. The highest BCUT2D eigenvalue weighted by Gasteiger charge is 2.43. The summed E-state index contributed by atoms with van der Waals surface area (Å²) in [4.78, 5) is 0. The second-order valence-electron chi connectivity index (χ2n) is 7.92. The first-order chi connectivity index (χ1) is 9.71. The van der Waals surface area contributed by atoms with E-state index in [1.165, 1.54) is 0 Å². The summed E-state index contributed by atoms with van der Waals surface area (Å²) in [5.74, 6) is 0.722. The number of rotatable bonds is 3. The molecule has 1 aromatic rings. The van der Waals surface area contributed by atoms with Gasteiger partial charge in [-0.15, -0.1) is 0 Å². The molecule has 21 heavy (non-hydrogen) atoms. The van der Waals surface area contributed by atoms with Crippen molar-refractivity contribution in [1.29, 1.82) is 0 Å². The molecule has 1 aliphatic rings. The molecule has 4 nitrogen and oxygen atoms in total. The lowest BCUT2D eigenvalue weighted by atomic mass is 9.61. The number of aliphatic hydroxyl groups is 1. The number of nitrogens with two attached hydrogens (primary N) is 1. The molecule has 1 aliphatic carbocycles. The SMILES string of the molecule is Cc1c(C(O)C2(CN)CCC(C(C)(C)C)CC2)cnn1C. The monoisotopic (exact) mass is 293 g/mol. The van der Waals surface area contributed by atoms with Gasteiger partial charge in [-0.3, -0.25) is 4.68 Å². The molecule has 1 atom stereocenters. The molecule has 0 aliphatic heterocycles. The fourth-order valence-corrected chi connectivity index (χ4v) is 3.76. The van der Waals surface area contributed by atoms with Gasteiger partial charge >= 0.3 is 0 Å². The highest BCUT2D eigenvalue weighted by molar-refractivity contribution is 5.22. The maximum atomic E-state index is 10.9. The van der Waals surface area contributed by atoms with Gasteiger partial charge in [0.05, 0.1) is 12.3 Å². The summed E-state index contributed by atoms with van der Waals surface area (Å²) in [5, 5.41) is 15.2. The molecule has 120 valence electrons. The molecule has 0 saturated heterocycles. The Morgan fingerprint density at radius 2 is 2.00 bits per heavy atom. The largest absolute Gasteiger partial charge is 0.388 e. The van der Waals surface area contributed by atoms with Gasteiger partial charge in [-0.25, -0.2) is 0 Å². The molecule has 0 bridgehead atoms. The van der Waals surface area contributed by atoms with Crippen LogP contribution in [0.2, 0.25) is 0 Å². The fraction of sp³-hybridized carbons (Fsp3) is 0.824. The van der Waals surface area contributed by atoms with Gasteiger partial charge in [0.2, 0.25) is 0 Å². The molecular weight excluding hydrogens is 262 g/mol. The van der Waals surface area contributed by atoms with Crippen LogP contribution in [0.15, 0.2) is 6.20 Å². The lowest BCUT2D eigenvalue weighted by Crippen LogP contribution is -2.42. The van der Waals surface area contributed by atoms with Crippen molar-refractivity contribution in [3.05, 3.63) is 17.5 Å². The van der Waals surface area contributed by atoms with Crippen LogP contribution in [-0.4, -0.2) is 21.4 Å². The average molecular weight is 293 g/mol. The molecule has 1 fully saturated rings. The molecule has 2 rings (SSSR count). The van der Waals surface area contributed by atoms with Crippen LogP contribution in [-0.2, 0) is 7.05 Å². The maximum absolute atomic E-state index is 10.9. The molecule has 3 N–H and O–H groups in total. The third kappa shape index (κ3) is 3.02. The van der Waals surface area contributed by atoms with E-state index < -0.39 is 6.10 Å². The predicted octanol–water partition coefficient (Wildman–Crippen LogP) is 2.94. The van der Waals surface area contributed by atoms with Crippen LogP contribution >= 0.6 is 0 Å². The van der Waals surface area contributed by atoms with E-state index in [-0.39, 0.29) is 5.41 Å². The minimum Gasteiger partial charge on any atom is -0.388 e. The van der Waals surface area contributed by atoms with Gasteiger partial charge < -0.3 is 10.8 Å². The van der Waals surface area contributed by atoms with E-state index >= 15 is 0 Å². The van der Waals surface area contributed by atoms with Crippen molar-refractivity contribution in [3.8, 4) is 0 Å². The molecule has 1 saturated carbocycles. The second-order valence-corrected chi connectivity index (χ2v) is 7.92. The first kappa shape index (κ1) is 16.5. The van der Waals surface area contributed by atoms with Gasteiger partial charge in [0.15, 0.2) is 0 Å². The molecule has 1 heterocycles. The molecule has 0 amide bonds. The van der Waals surface area contributed by atoms with Gasteiger partial charge in [0.1, 0.15) is 0 Å². The van der Waals surface area contributed by atoms with Crippen LogP contribution in [0.3, 0.4) is 0 Å². The molecule has 0 radical (unpaired) electrons. The van der Waals surface area contributed by atoms with Gasteiger partial charge in [-0.1, -0.05) is 20.8 Å². The smallest absolute Gasteiger partial charge is 0.0891 e. The Morgan fingerprint density at radius 3 is 2.38 bits per heavy atom. The van der Waals surface area contributed by atoms with E-state index in [0.29, 0.717) is 12.0 Å². The molecule has 1 unspecified atom stereocenters. The Kier molecular flexibility index (Phi) is 4.50. The van der Waals surface area contributed by atoms with Crippen molar-refractivity contribution in [1.82, 2.24) is 9.78 Å². The van der Waals surface area contributed by atoms with E-state index in [9.17, 15) is 5.11 Å². The summed E-state index contributed by atoms with van der Waals surface area (Å²) in [6.45, 7) is 9.49. The summed E-state index contributed by atoms with van der Waals surface area (Å²) >= 11 is 0. The summed E-state index contributed by atoms with van der Waals surface area (Å²) in [6.07, 6.45) is 5.60. The minimum absolute atomic E-state index is 0.185. The number of hydrogen-bond acceptors (Lipinski definition) is 3. The van der Waals surface area contributed by atoms with E-state index in [1.807, 2.05) is 18.7 Å². The fourth-order valence-electron chi connectivity index (χ4n) is 3.76. The number of nitrogens with zero attached hydrogens (tertiary/aromatic N) is 2. The zero-order valence-corrected chi connectivity index (χ0v) is 14.2. The lowest BCUT2D eigenvalue weighted by Gasteiger charge is -2.46. The minimum atomic E-state index is -0.503. The summed E-state index contributed by atoms with van der Waals surface area (Å²) in [7, 11) is 1.91. The van der Waals surface area contributed by atoms with Gasteiger partial charge in [-0.05, 0) is 43.9 Å². The van der Waals surface area contributed by atoms with E-state index in [4.69, 9.17) is 5.73 Å². The van der Waals surface area contributed by atoms with Crippen LogP contribution in [0.4, 0.5) is 0 Å². The Morgan fingerprint density at radius 1 is 1.43 bits per heavy atom. The van der Waals surface area contributed by atoms with Crippen molar-refractivity contribution in [3.63, 3.8) is 0 Å². The Bertz CT molecular complexity index is 479. The maximum Gasteiger partial charge on any atom is 0.0891 e. The third-order valence-electron chi connectivity index (χ3n) is 5.76. The van der Waals surface area contributed by atoms with E-state index in [0.717, 1.165) is 42.9 Å². The number of hydrogen-bond donors (Lipinski definition) is 2. The van der Waals surface area contributed by atoms with Crippen LogP contribution in [0, 0.1) is 23.7 Å². The topological polar surface area (TPSA) is 64.1 Å². The standard InChI is InChI=1S/C17H31N3O/c1-12-14(10-19-20(12)5)15(21)17(11-18)8-6-13(7-9-17)16(2,3)4/h10,13,15,21H,6-9,11,18H2,1-5H3. The highest BCUT2D eigenvalue weighted by Crippen LogP contribution is 2.50. The van der Waals surface area contributed by atoms with Crippen molar-refractivity contribution >= 4 is 0 Å². The molecular formula is C17H31N3O. The Balaban J connectivity index is 2.18. The van der Waals surface area contributed by atoms with E-state index in [1.54, 1.807) is 6.20 Å². The Labute approximate surface area is 128 Å². The molecule has 0 spiro atoms. The predicted molar refractivity (Wildman–Crippen MR) is 85.8 cm³/mol. The van der Waals surface area contributed by atoms with Crippen LogP contribution in [0.25, 0.3) is 0 Å². The summed E-state index contributed by atoms with van der Waals surface area (Å²) in [5.41, 5.74) is 8.24. The second kappa shape index (κ2) is 5.73. The van der Waals surface area contributed by atoms with Crippen molar-refractivity contribution in [2.45, 2.75) is 59.5 Å². The van der Waals surface area contributed by atoms with Gasteiger partial charge in [0.25, 0.3) is 0 Å². The number of aliphatic hydroxyl groups excluding tert-OH is 1. The molecule has 4 heteroatoms. The number of aromatic nitrogens is 2. The zero-order valence-electron chi connectivity index (χ0n) is 14.2. The average Bonchev–Trinajstić information content (AvgIpc) is 2.77. The molecule has 1 aromatic heterocycles. The first-order valence-corrected chi connectivity index (χ1v) is 8.08. The zero-order chi connectivity index (χ0) is 15.8. The third-order valence-corrected chi connectivity index (χ3v) is 5.76. The normalized spacial score (nSPS) is 28.6. The van der Waals surface area contributed by atoms with Crippen LogP contribution in [0.5, 0.6) is 0 Å². The van der Waals surface area contributed by atoms with Gasteiger partial charge in [-0.2, -0.15) is 5.10 Å².